The van der Waals surface area contributed by atoms with Crippen molar-refractivity contribution in [3.05, 3.63) is 53.9 Å². The quantitative estimate of drug-likeness (QED) is 0.338. The molecule has 148 valence electrons. The van der Waals surface area contributed by atoms with Gasteiger partial charge in [0.1, 0.15) is 0 Å². The summed E-state index contributed by atoms with van der Waals surface area (Å²) in [5.41, 5.74) is 2.40. The third-order valence-electron chi connectivity index (χ3n) is 3.85. The van der Waals surface area contributed by atoms with Gasteiger partial charge < -0.3 is 20.1 Å². The molecule has 0 aliphatic heterocycles. The van der Waals surface area contributed by atoms with Gasteiger partial charge in [0.25, 0.3) is 0 Å². The summed E-state index contributed by atoms with van der Waals surface area (Å²) in [7, 11) is 1.68. The Morgan fingerprint density at radius 1 is 1.15 bits per heavy atom. The number of nitrogens with one attached hydrogen (secondary N) is 2. The van der Waals surface area contributed by atoms with Gasteiger partial charge in [-0.25, -0.2) is 4.99 Å². The SMILES string of the molecule is CCNC(=NCc1cccc(Cn2cccn2)c1)NCCCOCCOC. The van der Waals surface area contributed by atoms with Gasteiger partial charge in [-0.05, 0) is 30.5 Å². The second-order valence-electron chi connectivity index (χ2n) is 6.10. The Hall–Kier alpha value is -2.38. The highest BCUT2D eigenvalue weighted by Crippen LogP contribution is 2.08. The van der Waals surface area contributed by atoms with E-state index in [1.165, 1.54) is 11.1 Å². The molecular weight excluding hydrogens is 342 g/mol. The summed E-state index contributed by atoms with van der Waals surface area (Å²) in [5, 5.41) is 10.9. The monoisotopic (exact) mass is 373 g/mol. The second kappa shape index (κ2) is 12.9. The Morgan fingerprint density at radius 2 is 2.04 bits per heavy atom. The molecule has 2 aromatic rings. The zero-order valence-electron chi connectivity index (χ0n) is 16.4. The number of rotatable bonds is 12. The van der Waals surface area contributed by atoms with Crippen LogP contribution in [-0.2, 0) is 22.6 Å². The molecule has 7 nitrogen and oxygen atoms in total. The van der Waals surface area contributed by atoms with Gasteiger partial charge >= 0.3 is 0 Å². The van der Waals surface area contributed by atoms with Crippen LogP contribution in [0.5, 0.6) is 0 Å². The molecule has 0 radical (unpaired) electrons. The van der Waals surface area contributed by atoms with Gasteiger partial charge in [-0.1, -0.05) is 24.3 Å². The van der Waals surface area contributed by atoms with Crippen molar-refractivity contribution in [1.82, 2.24) is 20.4 Å². The molecule has 0 aliphatic rings. The van der Waals surface area contributed by atoms with E-state index in [1.54, 1.807) is 13.3 Å². The van der Waals surface area contributed by atoms with E-state index >= 15 is 0 Å². The summed E-state index contributed by atoms with van der Waals surface area (Å²) in [6, 6.07) is 10.4. The van der Waals surface area contributed by atoms with Crippen LogP contribution in [0.4, 0.5) is 0 Å². The molecule has 0 fully saturated rings. The van der Waals surface area contributed by atoms with Crippen molar-refractivity contribution >= 4 is 5.96 Å². The number of nitrogens with zero attached hydrogens (tertiary/aromatic N) is 3. The first-order valence-electron chi connectivity index (χ1n) is 9.46. The van der Waals surface area contributed by atoms with Crippen LogP contribution in [0, 0.1) is 0 Å². The van der Waals surface area contributed by atoms with Gasteiger partial charge in [0.15, 0.2) is 5.96 Å². The first kappa shape index (κ1) is 20.9. The molecule has 0 saturated heterocycles. The molecule has 0 bridgehead atoms. The number of methoxy groups -OCH3 is 1. The Labute approximate surface area is 161 Å². The first-order chi connectivity index (χ1) is 13.3. The molecule has 0 spiro atoms. The number of ether oxygens (including phenoxy) is 2. The van der Waals surface area contributed by atoms with Crippen LogP contribution in [0.1, 0.15) is 24.5 Å². The minimum absolute atomic E-state index is 0.632. The van der Waals surface area contributed by atoms with E-state index in [0.29, 0.717) is 26.4 Å². The predicted molar refractivity (Wildman–Crippen MR) is 108 cm³/mol. The largest absolute Gasteiger partial charge is 0.382 e. The Morgan fingerprint density at radius 3 is 2.81 bits per heavy atom. The molecule has 0 atom stereocenters. The van der Waals surface area contributed by atoms with E-state index in [-0.39, 0.29) is 0 Å². The van der Waals surface area contributed by atoms with Crippen molar-refractivity contribution in [3.8, 4) is 0 Å². The van der Waals surface area contributed by atoms with Crippen LogP contribution in [0.25, 0.3) is 0 Å². The van der Waals surface area contributed by atoms with E-state index in [0.717, 1.165) is 32.0 Å². The van der Waals surface area contributed by atoms with E-state index < -0.39 is 0 Å². The highest BCUT2D eigenvalue weighted by atomic mass is 16.5. The molecule has 1 heterocycles. The summed E-state index contributed by atoms with van der Waals surface area (Å²) in [6.07, 6.45) is 4.69. The van der Waals surface area contributed by atoms with Crippen LogP contribution >= 0.6 is 0 Å². The lowest BCUT2D eigenvalue weighted by atomic mass is 10.1. The highest BCUT2D eigenvalue weighted by Gasteiger charge is 2.00. The van der Waals surface area contributed by atoms with Crippen molar-refractivity contribution in [2.75, 3.05) is 40.0 Å². The van der Waals surface area contributed by atoms with Crippen molar-refractivity contribution in [1.29, 1.82) is 0 Å². The lowest BCUT2D eigenvalue weighted by molar-refractivity contribution is 0.0698. The average Bonchev–Trinajstić information content (AvgIpc) is 3.18. The van der Waals surface area contributed by atoms with Crippen LogP contribution in [0.2, 0.25) is 0 Å². The fourth-order valence-electron chi connectivity index (χ4n) is 2.54. The number of hydrogen-bond donors (Lipinski definition) is 2. The molecule has 7 heteroatoms. The van der Waals surface area contributed by atoms with E-state index in [4.69, 9.17) is 9.47 Å². The second-order valence-corrected chi connectivity index (χ2v) is 6.10. The summed E-state index contributed by atoms with van der Waals surface area (Å²) < 4.78 is 12.3. The minimum atomic E-state index is 0.632. The zero-order valence-corrected chi connectivity index (χ0v) is 16.4. The number of aromatic nitrogens is 2. The van der Waals surface area contributed by atoms with Crippen LogP contribution < -0.4 is 10.6 Å². The standard InChI is InChI=1S/C20H31N5O2/c1-3-21-20(22-9-6-12-27-14-13-26-2)23-16-18-7-4-8-19(15-18)17-25-11-5-10-24-25/h4-5,7-8,10-11,15H,3,6,9,12-14,16-17H2,1-2H3,(H2,21,22,23). The third kappa shape index (κ3) is 8.70. The zero-order chi connectivity index (χ0) is 19.2. The maximum atomic E-state index is 5.47. The lowest BCUT2D eigenvalue weighted by Crippen LogP contribution is -2.38. The molecule has 0 amide bonds. The summed E-state index contributed by atoms with van der Waals surface area (Å²) >= 11 is 0. The maximum absolute atomic E-state index is 5.47. The summed E-state index contributed by atoms with van der Waals surface area (Å²) in [6.45, 7) is 7.10. The van der Waals surface area contributed by atoms with E-state index in [1.807, 2.05) is 16.9 Å². The van der Waals surface area contributed by atoms with Crippen molar-refractivity contribution < 1.29 is 9.47 Å². The molecule has 27 heavy (non-hydrogen) atoms. The Kier molecular flexibility index (Phi) is 9.99. The third-order valence-corrected chi connectivity index (χ3v) is 3.85. The van der Waals surface area contributed by atoms with Crippen molar-refractivity contribution in [3.63, 3.8) is 0 Å². The normalized spacial score (nSPS) is 11.6. The minimum Gasteiger partial charge on any atom is -0.382 e. The van der Waals surface area contributed by atoms with E-state index in [2.05, 4.69) is 51.9 Å². The number of hydrogen-bond acceptors (Lipinski definition) is 4. The molecule has 1 aromatic heterocycles. The van der Waals surface area contributed by atoms with Gasteiger partial charge in [-0.15, -0.1) is 0 Å². The topological polar surface area (TPSA) is 72.7 Å². The van der Waals surface area contributed by atoms with Crippen LogP contribution in [0.15, 0.2) is 47.7 Å². The Bertz CT molecular complexity index is 658. The number of aliphatic imine (C=N–C) groups is 1. The predicted octanol–water partition coefficient (Wildman–Crippen LogP) is 2.04. The summed E-state index contributed by atoms with van der Waals surface area (Å²) in [5.74, 6) is 0.826. The fourth-order valence-corrected chi connectivity index (χ4v) is 2.54. The molecule has 0 saturated carbocycles. The first-order valence-corrected chi connectivity index (χ1v) is 9.46. The van der Waals surface area contributed by atoms with Crippen molar-refractivity contribution in [2.24, 2.45) is 4.99 Å². The summed E-state index contributed by atoms with van der Waals surface area (Å²) in [4.78, 5) is 4.68. The number of benzene rings is 1. The molecule has 2 N–H and O–H groups in total. The molecule has 1 aromatic carbocycles. The van der Waals surface area contributed by atoms with Gasteiger partial charge in [-0.3, -0.25) is 4.68 Å². The Balaban J connectivity index is 1.79. The van der Waals surface area contributed by atoms with Gasteiger partial charge in [0.2, 0.25) is 0 Å². The fraction of sp³-hybridized carbons (Fsp3) is 0.500. The van der Waals surface area contributed by atoms with Gasteiger partial charge in [0, 0.05) is 39.2 Å². The van der Waals surface area contributed by atoms with E-state index in [9.17, 15) is 0 Å². The van der Waals surface area contributed by atoms with Crippen LogP contribution in [0.3, 0.4) is 0 Å². The maximum Gasteiger partial charge on any atom is 0.191 e. The van der Waals surface area contributed by atoms with Crippen LogP contribution in [-0.4, -0.2) is 55.8 Å². The lowest BCUT2D eigenvalue weighted by Gasteiger charge is -2.11. The number of guanidine groups is 1. The molecule has 0 aliphatic carbocycles. The van der Waals surface area contributed by atoms with Gasteiger partial charge in [-0.2, -0.15) is 5.10 Å². The highest BCUT2D eigenvalue weighted by molar-refractivity contribution is 5.79. The van der Waals surface area contributed by atoms with Crippen molar-refractivity contribution in [2.45, 2.75) is 26.4 Å². The molecule has 0 unspecified atom stereocenters. The molecule has 2 rings (SSSR count). The smallest absolute Gasteiger partial charge is 0.191 e. The average molecular weight is 374 g/mol. The molecular formula is C20H31N5O2. The van der Waals surface area contributed by atoms with Gasteiger partial charge in [0.05, 0.1) is 26.3 Å².